The third-order valence-corrected chi connectivity index (χ3v) is 5.55. The average Bonchev–Trinajstić information content (AvgIpc) is 3.35. The Labute approximate surface area is 219 Å². The Kier molecular flexibility index (Phi) is 15.3. The van der Waals surface area contributed by atoms with E-state index in [-0.39, 0.29) is 51.7 Å². The van der Waals surface area contributed by atoms with Crippen LogP contribution in [0.5, 0.6) is 0 Å². The maximum Gasteiger partial charge on any atom is 0.243 e. The first-order valence-electron chi connectivity index (χ1n) is 12.4. The molecule has 4 amide bonds. The van der Waals surface area contributed by atoms with Gasteiger partial charge in [0.05, 0.1) is 39.0 Å². The van der Waals surface area contributed by atoms with Crippen LogP contribution in [0, 0.1) is 12.3 Å². The molecule has 206 valence electrons. The second-order valence-electron chi connectivity index (χ2n) is 8.79. The summed E-state index contributed by atoms with van der Waals surface area (Å²) < 4.78 is 5.28. The van der Waals surface area contributed by atoms with Gasteiger partial charge in [0.1, 0.15) is 12.3 Å². The first-order chi connectivity index (χ1) is 17.7. The maximum atomic E-state index is 13.2. The predicted octanol–water partition coefficient (Wildman–Crippen LogP) is -1.21. The van der Waals surface area contributed by atoms with Crippen molar-refractivity contribution in [2.75, 3.05) is 66.0 Å². The van der Waals surface area contributed by atoms with E-state index in [1.165, 1.54) is 21.0 Å². The number of terminal acetylenes is 1. The number of rotatable bonds is 19. The fraction of sp³-hybridized carbons (Fsp3) is 0.600. The highest BCUT2D eigenvalue weighted by Gasteiger charge is 2.26. The van der Waals surface area contributed by atoms with Gasteiger partial charge < -0.3 is 36.3 Å². The van der Waals surface area contributed by atoms with E-state index in [1.807, 2.05) is 11.9 Å². The zero-order valence-corrected chi connectivity index (χ0v) is 21.8. The lowest BCUT2D eigenvalue weighted by Crippen LogP contribution is -2.50. The largest absolute Gasteiger partial charge is 0.467 e. The molecule has 0 spiro atoms. The number of carbonyl (C=O) groups is 4. The molecule has 0 unspecified atom stereocenters. The molecule has 0 saturated heterocycles. The highest BCUT2D eigenvalue weighted by molar-refractivity contribution is 5.90. The van der Waals surface area contributed by atoms with Crippen molar-refractivity contribution < 1.29 is 23.6 Å². The van der Waals surface area contributed by atoms with Crippen LogP contribution >= 0.6 is 0 Å². The number of likely N-dealkylation sites (N-methyl/N-ethyl adjacent to an activating group) is 1. The van der Waals surface area contributed by atoms with Gasteiger partial charge in [-0.2, -0.15) is 0 Å². The van der Waals surface area contributed by atoms with Crippen molar-refractivity contribution in [2.45, 2.75) is 32.2 Å². The summed E-state index contributed by atoms with van der Waals surface area (Å²) in [4.78, 5) is 56.5. The predicted molar refractivity (Wildman–Crippen MR) is 139 cm³/mol. The van der Waals surface area contributed by atoms with Crippen molar-refractivity contribution in [1.82, 2.24) is 19.6 Å². The van der Waals surface area contributed by atoms with Crippen molar-refractivity contribution in [3.63, 3.8) is 0 Å². The Morgan fingerprint density at radius 3 is 2.03 bits per heavy atom. The Morgan fingerprint density at radius 1 is 0.865 bits per heavy atom. The zero-order chi connectivity index (χ0) is 27.6. The van der Waals surface area contributed by atoms with Crippen LogP contribution in [0.4, 0.5) is 0 Å². The molecule has 1 aromatic heterocycles. The van der Waals surface area contributed by atoms with Crippen molar-refractivity contribution in [2.24, 2.45) is 17.2 Å². The minimum Gasteiger partial charge on any atom is -0.467 e. The van der Waals surface area contributed by atoms with Crippen LogP contribution in [0.15, 0.2) is 22.8 Å². The van der Waals surface area contributed by atoms with Crippen molar-refractivity contribution in [3.05, 3.63) is 24.2 Å². The Hall–Kier alpha value is -3.40. The third kappa shape index (κ3) is 12.9. The zero-order valence-electron chi connectivity index (χ0n) is 21.8. The number of amides is 4. The number of primary amides is 1. The number of nitrogens with zero attached hydrogens (tertiary/aromatic N) is 4. The van der Waals surface area contributed by atoms with Gasteiger partial charge in [0.2, 0.25) is 23.6 Å². The summed E-state index contributed by atoms with van der Waals surface area (Å²) in [6.45, 7) is 1.13. The number of furan rings is 1. The minimum atomic E-state index is -0.692. The van der Waals surface area contributed by atoms with Gasteiger partial charge in [-0.3, -0.25) is 24.1 Å². The number of hydrogen-bond donors (Lipinski definition) is 3. The minimum absolute atomic E-state index is 0.0256. The topological polar surface area (TPSA) is 172 Å². The Bertz CT molecular complexity index is 884. The summed E-state index contributed by atoms with van der Waals surface area (Å²) in [7, 11) is 1.81. The summed E-state index contributed by atoms with van der Waals surface area (Å²) in [6, 6.07) is 3.33. The molecule has 0 bridgehead atoms. The maximum absolute atomic E-state index is 13.2. The molecule has 1 aromatic rings. The van der Waals surface area contributed by atoms with Crippen molar-refractivity contribution in [1.29, 1.82) is 0 Å². The number of carbonyl (C=O) groups excluding carboxylic acids is 4. The Balaban J connectivity index is 2.92. The van der Waals surface area contributed by atoms with Crippen LogP contribution in [0.25, 0.3) is 0 Å². The monoisotopic (exact) mass is 519 g/mol. The Morgan fingerprint density at radius 2 is 1.46 bits per heavy atom. The SMILES string of the molecule is C#CCN(CC(=O)N(CCCCN)CC(=O)N(CC(N)=O)Cc1ccco1)C(=O)CN(C)CCCCN. The van der Waals surface area contributed by atoms with Gasteiger partial charge >= 0.3 is 0 Å². The fourth-order valence-corrected chi connectivity index (χ4v) is 3.55. The lowest BCUT2D eigenvalue weighted by Gasteiger charge is -2.29. The van der Waals surface area contributed by atoms with Crippen LogP contribution < -0.4 is 17.2 Å². The van der Waals surface area contributed by atoms with Gasteiger partial charge in [-0.1, -0.05) is 5.92 Å². The first kappa shape index (κ1) is 31.6. The van der Waals surface area contributed by atoms with Crippen LogP contribution in [0.3, 0.4) is 0 Å². The van der Waals surface area contributed by atoms with E-state index in [2.05, 4.69) is 5.92 Å². The molecular weight excluding hydrogens is 478 g/mol. The van der Waals surface area contributed by atoms with Crippen LogP contribution in [-0.4, -0.2) is 109 Å². The number of hydrogen-bond acceptors (Lipinski definition) is 8. The summed E-state index contributed by atoms with van der Waals surface area (Å²) >= 11 is 0. The average molecular weight is 520 g/mol. The first-order valence-corrected chi connectivity index (χ1v) is 12.4. The molecule has 0 atom stereocenters. The number of nitrogens with two attached hydrogens (primary N) is 3. The van der Waals surface area contributed by atoms with E-state index in [4.69, 9.17) is 28.0 Å². The molecule has 12 nitrogen and oxygen atoms in total. The van der Waals surface area contributed by atoms with Crippen LogP contribution in [0.1, 0.15) is 31.4 Å². The third-order valence-electron chi connectivity index (χ3n) is 5.55. The molecule has 37 heavy (non-hydrogen) atoms. The van der Waals surface area contributed by atoms with Crippen molar-refractivity contribution in [3.8, 4) is 12.3 Å². The molecule has 1 heterocycles. The molecule has 12 heteroatoms. The van der Waals surface area contributed by atoms with Gasteiger partial charge in [-0.25, -0.2) is 0 Å². The van der Waals surface area contributed by atoms with Gasteiger partial charge in [0, 0.05) is 6.54 Å². The van der Waals surface area contributed by atoms with Crippen LogP contribution in [0.2, 0.25) is 0 Å². The van der Waals surface area contributed by atoms with E-state index in [9.17, 15) is 19.2 Å². The molecule has 0 saturated carbocycles. The second-order valence-corrected chi connectivity index (χ2v) is 8.79. The van der Waals surface area contributed by atoms with Gasteiger partial charge in [-0.15, -0.1) is 6.42 Å². The van der Waals surface area contributed by atoms with Crippen molar-refractivity contribution >= 4 is 23.6 Å². The van der Waals surface area contributed by atoms with E-state index in [1.54, 1.807) is 12.1 Å². The summed E-state index contributed by atoms with van der Waals surface area (Å²) in [6.07, 6.45) is 9.83. The number of unbranched alkanes of at least 4 members (excludes halogenated alkanes) is 2. The van der Waals surface area contributed by atoms with E-state index in [0.29, 0.717) is 38.2 Å². The lowest BCUT2D eigenvalue weighted by atomic mass is 10.2. The van der Waals surface area contributed by atoms with Gasteiger partial charge in [-0.05, 0) is 64.5 Å². The second kappa shape index (κ2) is 17.9. The summed E-state index contributed by atoms with van der Waals surface area (Å²) in [5, 5.41) is 0. The van der Waals surface area contributed by atoms with E-state index in [0.717, 1.165) is 12.8 Å². The van der Waals surface area contributed by atoms with E-state index >= 15 is 0 Å². The molecule has 6 N–H and O–H groups in total. The summed E-state index contributed by atoms with van der Waals surface area (Å²) in [5.74, 6) is 0.996. The highest BCUT2D eigenvalue weighted by Crippen LogP contribution is 2.08. The highest BCUT2D eigenvalue weighted by atomic mass is 16.3. The molecule has 0 aromatic carbocycles. The molecule has 1 rings (SSSR count). The quantitative estimate of drug-likeness (QED) is 0.151. The summed E-state index contributed by atoms with van der Waals surface area (Å²) in [5.41, 5.74) is 16.4. The molecule has 0 aliphatic rings. The normalized spacial score (nSPS) is 10.7. The molecule has 0 aliphatic carbocycles. The fourth-order valence-electron chi connectivity index (χ4n) is 3.55. The standard InChI is InChI=1S/C25H41N7O5/c1-3-12-30(23(34)18-29(2)13-6-4-10-26)19-24(35)31(14-7-5-11-27)20-25(36)32(17-22(28)33)16-21-9-8-15-37-21/h1,8-9,15H,4-7,10-14,16-20,26-27H2,2H3,(H2,28,33). The molecule has 0 aliphatic heterocycles. The smallest absolute Gasteiger partial charge is 0.243 e. The molecule has 0 fully saturated rings. The van der Waals surface area contributed by atoms with Crippen LogP contribution in [-0.2, 0) is 25.7 Å². The van der Waals surface area contributed by atoms with Gasteiger partial charge in [0.25, 0.3) is 0 Å². The van der Waals surface area contributed by atoms with E-state index < -0.39 is 17.7 Å². The molecular formula is C25H41N7O5. The lowest BCUT2D eigenvalue weighted by molar-refractivity contribution is -0.145. The molecule has 0 radical (unpaired) electrons. The van der Waals surface area contributed by atoms with Gasteiger partial charge in [0.15, 0.2) is 0 Å².